The molecule has 0 spiro atoms. The molecule has 27 heavy (non-hydrogen) atoms. The number of esters is 1. The molecule has 0 aliphatic carbocycles. The van der Waals surface area contributed by atoms with E-state index in [0.717, 1.165) is 11.8 Å². The van der Waals surface area contributed by atoms with Gasteiger partial charge in [-0.05, 0) is 42.8 Å². The Balaban J connectivity index is 2.09. The highest BCUT2D eigenvalue weighted by Crippen LogP contribution is 2.42. The summed E-state index contributed by atoms with van der Waals surface area (Å²) in [5, 5.41) is 3.87. The standard InChI is InChI=1S/C20H22O5S2/c1-12(2)15-10-26-11-16(15)24-18-17(20(3,4)25-19(18)21)13-6-8-14(9-7-13)27(5,22)23/h6-12H,1-5H3. The van der Waals surface area contributed by atoms with Crippen LogP contribution in [0.1, 0.15) is 44.7 Å². The number of sulfone groups is 1. The molecular weight excluding hydrogens is 384 g/mol. The van der Waals surface area contributed by atoms with Crippen molar-refractivity contribution >= 4 is 32.7 Å². The molecule has 2 aromatic rings. The van der Waals surface area contributed by atoms with Crippen LogP contribution in [-0.2, 0) is 19.4 Å². The third kappa shape index (κ3) is 3.80. The van der Waals surface area contributed by atoms with E-state index in [1.165, 1.54) is 23.5 Å². The number of thiophene rings is 1. The normalized spacial score (nSPS) is 16.7. The highest BCUT2D eigenvalue weighted by molar-refractivity contribution is 7.90. The largest absolute Gasteiger partial charge is 0.449 e. The molecule has 0 fully saturated rings. The lowest BCUT2D eigenvalue weighted by atomic mass is 9.92. The predicted octanol–water partition coefficient (Wildman–Crippen LogP) is 4.40. The molecule has 1 aliphatic heterocycles. The third-order valence-corrected chi connectivity index (χ3v) is 6.29. The van der Waals surface area contributed by atoms with E-state index in [4.69, 9.17) is 9.47 Å². The molecule has 5 nitrogen and oxygen atoms in total. The predicted molar refractivity (Wildman–Crippen MR) is 106 cm³/mol. The van der Waals surface area contributed by atoms with E-state index in [1.807, 2.05) is 10.8 Å². The molecule has 0 unspecified atom stereocenters. The fourth-order valence-electron chi connectivity index (χ4n) is 3.05. The van der Waals surface area contributed by atoms with Crippen LogP contribution in [0.25, 0.3) is 5.57 Å². The van der Waals surface area contributed by atoms with Crippen molar-refractivity contribution in [3.8, 4) is 5.75 Å². The van der Waals surface area contributed by atoms with Gasteiger partial charge in [0.15, 0.2) is 9.84 Å². The van der Waals surface area contributed by atoms with Gasteiger partial charge >= 0.3 is 5.97 Å². The molecule has 0 atom stereocenters. The monoisotopic (exact) mass is 406 g/mol. The van der Waals surface area contributed by atoms with Crippen LogP contribution in [0.2, 0.25) is 0 Å². The van der Waals surface area contributed by atoms with Crippen LogP contribution in [0.3, 0.4) is 0 Å². The first-order valence-corrected chi connectivity index (χ1v) is 11.4. The van der Waals surface area contributed by atoms with Gasteiger partial charge in [0.05, 0.1) is 10.5 Å². The number of carbonyl (C=O) groups excluding carboxylic acids is 1. The van der Waals surface area contributed by atoms with Gasteiger partial charge in [-0.25, -0.2) is 13.2 Å². The zero-order valence-electron chi connectivity index (χ0n) is 15.9. The molecule has 0 bridgehead atoms. The average molecular weight is 407 g/mol. The van der Waals surface area contributed by atoms with Gasteiger partial charge in [-0.2, -0.15) is 0 Å². The SMILES string of the molecule is CC(C)c1cscc1OC1=C(c2ccc(S(C)(=O)=O)cc2)C(C)(C)OC1=O. The van der Waals surface area contributed by atoms with E-state index < -0.39 is 21.4 Å². The van der Waals surface area contributed by atoms with Gasteiger partial charge in [-0.1, -0.05) is 26.0 Å². The number of hydrogen-bond donors (Lipinski definition) is 0. The summed E-state index contributed by atoms with van der Waals surface area (Å²) in [6, 6.07) is 6.40. The second-order valence-electron chi connectivity index (χ2n) is 7.35. The average Bonchev–Trinajstić information content (AvgIpc) is 3.09. The van der Waals surface area contributed by atoms with Crippen molar-refractivity contribution in [3.63, 3.8) is 0 Å². The van der Waals surface area contributed by atoms with Crippen LogP contribution in [0.5, 0.6) is 5.75 Å². The minimum absolute atomic E-state index is 0.146. The van der Waals surface area contributed by atoms with Crippen molar-refractivity contribution in [1.29, 1.82) is 0 Å². The van der Waals surface area contributed by atoms with Crippen molar-refractivity contribution < 1.29 is 22.7 Å². The second kappa shape index (κ2) is 6.80. The van der Waals surface area contributed by atoms with Gasteiger partial charge in [-0.3, -0.25) is 0 Å². The van der Waals surface area contributed by atoms with Crippen LogP contribution in [0, 0.1) is 0 Å². The summed E-state index contributed by atoms with van der Waals surface area (Å²) < 4.78 is 35.0. The van der Waals surface area contributed by atoms with E-state index >= 15 is 0 Å². The molecule has 0 amide bonds. The summed E-state index contributed by atoms with van der Waals surface area (Å²) >= 11 is 1.51. The van der Waals surface area contributed by atoms with Gasteiger partial charge in [0, 0.05) is 17.2 Å². The molecule has 0 N–H and O–H groups in total. The molecule has 1 aromatic heterocycles. The van der Waals surface area contributed by atoms with Gasteiger partial charge in [-0.15, -0.1) is 11.3 Å². The number of benzene rings is 1. The van der Waals surface area contributed by atoms with Crippen molar-refractivity contribution in [2.24, 2.45) is 0 Å². The molecular formula is C20H22O5S2. The van der Waals surface area contributed by atoms with E-state index in [-0.39, 0.29) is 16.6 Å². The molecule has 7 heteroatoms. The molecule has 0 radical (unpaired) electrons. The Hall–Kier alpha value is -2.12. The van der Waals surface area contributed by atoms with E-state index in [0.29, 0.717) is 16.9 Å². The third-order valence-electron chi connectivity index (χ3n) is 4.42. The van der Waals surface area contributed by atoms with Crippen LogP contribution in [-0.4, -0.2) is 26.2 Å². The minimum atomic E-state index is -3.30. The Labute approximate surface area is 163 Å². The maximum atomic E-state index is 12.5. The number of rotatable bonds is 5. The number of hydrogen-bond acceptors (Lipinski definition) is 6. The lowest BCUT2D eigenvalue weighted by Crippen LogP contribution is -2.22. The molecule has 144 valence electrons. The van der Waals surface area contributed by atoms with E-state index in [2.05, 4.69) is 13.8 Å². The first-order valence-electron chi connectivity index (χ1n) is 8.53. The van der Waals surface area contributed by atoms with Gasteiger partial charge in [0.2, 0.25) is 5.76 Å². The summed E-state index contributed by atoms with van der Waals surface area (Å²) in [5.74, 6) is 0.523. The molecule has 0 saturated carbocycles. The molecule has 0 saturated heterocycles. The fraction of sp³-hybridized carbons (Fsp3) is 0.350. The summed E-state index contributed by atoms with van der Waals surface area (Å²) in [4.78, 5) is 12.7. The van der Waals surface area contributed by atoms with Gasteiger partial charge < -0.3 is 9.47 Å². The maximum Gasteiger partial charge on any atom is 0.375 e. The van der Waals surface area contributed by atoms with Gasteiger partial charge in [0.25, 0.3) is 0 Å². The number of carbonyl (C=O) groups is 1. The van der Waals surface area contributed by atoms with Crippen LogP contribution in [0.15, 0.2) is 45.7 Å². The van der Waals surface area contributed by atoms with Crippen molar-refractivity contribution in [3.05, 3.63) is 51.9 Å². The van der Waals surface area contributed by atoms with Crippen LogP contribution < -0.4 is 4.74 Å². The number of ether oxygens (including phenoxy) is 2. The quantitative estimate of drug-likeness (QED) is 0.689. The van der Waals surface area contributed by atoms with Gasteiger partial charge in [0.1, 0.15) is 11.4 Å². The fourth-order valence-corrected chi connectivity index (χ4v) is 4.59. The smallest absolute Gasteiger partial charge is 0.375 e. The number of cyclic esters (lactones) is 1. The van der Waals surface area contributed by atoms with Crippen molar-refractivity contribution in [2.45, 2.75) is 44.1 Å². The molecule has 2 heterocycles. The first-order chi connectivity index (χ1) is 12.5. The highest BCUT2D eigenvalue weighted by Gasteiger charge is 2.43. The van der Waals surface area contributed by atoms with E-state index in [1.54, 1.807) is 26.0 Å². The minimum Gasteiger partial charge on any atom is -0.449 e. The highest BCUT2D eigenvalue weighted by atomic mass is 32.2. The molecule has 3 rings (SSSR count). The summed E-state index contributed by atoms with van der Waals surface area (Å²) in [6.45, 7) is 7.70. The second-order valence-corrected chi connectivity index (χ2v) is 10.1. The molecule has 1 aromatic carbocycles. The van der Waals surface area contributed by atoms with E-state index in [9.17, 15) is 13.2 Å². The topological polar surface area (TPSA) is 69.7 Å². The Morgan fingerprint density at radius 2 is 1.74 bits per heavy atom. The maximum absolute atomic E-state index is 12.5. The molecule has 1 aliphatic rings. The zero-order chi connectivity index (χ0) is 20.0. The summed E-state index contributed by atoms with van der Waals surface area (Å²) in [6.07, 6.45) is 1.16. The lowest BCUT2D eigenvalue weighted by molar-refractivity contribution is -0.145. The zero-order valence-corrected chi connectivity index (χ0v) is 17.5. The summed E-state index contributed by atoms with van der Waals surface area (Å²) in [5.41, 5.74) is 1.44. The Morgan fingerprint density at radius 3 is 2.30 bits per heavy atom. The van der Waals surface area contributed by atoms with Crippen LogP contribution >= 0.6 is 11.3 Å². The first kappa shape index (κ1) is 19.6. The summed E-state index contributed by atoms with van der Waals surface area (Å²) in [7, 11) is -3.30. The Kier molecular flexibility index (Phi) is 4.94. The Bertz CT molecular complexity index is 1010. The van der Waals surface area contributed by atoms with Crippen molar-refractivity contribution in [1.82, 2.24) is 0 Å². The lowest BCUT2D eigenvalue weighted by Gasteiger charge is -2.21. The van der Waals surface area contributed by atoms with Crippen LogP contribution in [0.4, 0.5) is 0 Å². The van der Waals surface area contributed by atoms with Crippen molar-refractivity contribution in [2.75, 3.05) is 6.26 Å². The Morgan fingerprint density at radius 1 is 1.11 bits per heavy atom.